The minimum absolute atomic E-state index is 0.598. The summed E-state index contributed by atoms with van der Waals surface area (Å²) in [5, 5.41) is 3.51. The molecule has 0 aliphatic rings. The highest BCUT2D eigenvalue weighted by Gasteiger charge is 2.06. The van der Waals surface area contributed by atoms with Gasteiger partial charge in [-0.15, -0.1) is 11.6 Å². The fraction of sp³-hybridized carbons (Fsp3) is 1.00. The number of alkyl halides is 1. The number of rotatable bonds is 9. The van der Waals surface area contributed by atoms with Crippen LogP contribution in [0.15, 0.2) is 0 Å². The van der Waals surface area contributed by atoms with Crippen LogP contribution in [0.5, 0.6) is 0 Å². The first-order valence-electron chi connectivity index (χ1n) is 6.01. The number of unbranched alkanes of at least 4 members (excludes halogenated alkanes) is 1. The third-order valence-corrected chi connectivity index (χ3v) is 3.26. The van der Waals surface area contributed by atoms with Crippen molar-refractivity contribution in [3.8, 4) is 0 Å². The largest absolute Gasteiger partial charge is 0.316 e. The van der Waals surface area contributed by atoms with Gasteiger partial charge < -0.3 is 5.32 Å². The molecule has 0 saturated carbocycles. The molecule has 0 aromatic carbocycles. The average molecular weight is 220 g/mol. The second-order valence-electron chi connectivity index (χ2n) is 4.33. The van der Waals surface area contributed by atoms with E-state index in [0.717, 1.165) is 24.9 Å². The Morgan fingerprint density at radius 1 is 1.21 bits per heavy atom. The van der Waals surface area contributed by atoms with E-state index in [1.54, 1.807) is 0 Å². The van der Waals surface area contributed by atoms with Crippen molar-refractivity contribution in [2.24, 2.45) is 11.8 Å². The van der Waals surface area contributed by atoms with Crippen molar-refractivity contribution in [2.75, 3.05) is 19.0 Å². The van der Waals surface area contributed by atoms with Gasteiger partial charge in [0, 0.05) is 5.88 Å². The Morgan fingerprint density at radius 2 is 1.93 bits per heavy atom. The Morgan fingerprint density at radius 3 is 2.43 bits per heavy atom. The minimum atomic E-state index is 0.598. The van der Waals surface area contributed by atoms with Crippen molar-refractivity contribution >= 4 is 11.6 Å². The molecule has 0 fully saturated rings. The van der Waals surface area contributed by atoms with Crippen LogP contribution in [0.25, 0.3) is 0 Å². The van der Waals surface area contributed by atoms with E-state index in [0.29, 0.717) is 5.92 Å². The van der Waals surface area contributed by atoms with Crippen molar-refractivity contribution in [3.05, 3.63) is 0 Å². The van der Waals surface area contributed by atoms with E-state index in [1.807, 2.05) is 0 Å². The van der Waals surface area contributed by atoms with Gasteiger partial charge in [0.05, 0.1) is 0 Å². The molecule has 0 aromatic heterocycles. The summed E-state index contributed by atoms with van der Waals surface area (Å²) in [5.41, 5.74) is 0. The molecule has 0 rings (SSSR count). The summed E-state index contributed by atoms with van der Waals surface area (Å²) in [4.78, 5) is 0. The summed E-state index contributed by atoms with van der Waals surface area (Å²) in [7, 11) is 0. The third kappa shape index (κ3) is 7.64. The fourth-order valence-corrected chi connectivity index (χ4v) is 1.64. The molecule has 0 radical (unpaired) electrons. The van der Waals surface area contributed by atoms with Gasteiger partial charge >= 0.3 is 0 Å². The summed E-state index contributed by atoms with van der Waals surface area (Å²) in [6, 6.07) is 0. The van der Waals surface area contributed by atoms with Crippen LogP contribution in [-0.4, -0.2) is 19.0 Å². The van der Waals surface area contributed by atoms with Crippen LogP contribution in [0.3, 0.4) is 0 Å². The summed E-state index contributed by atoms with van der Waals surface area (Å²) >= 11 is 5.74. The molecule has 0 aliphatic carbocycles. The number of hydrogen-bond acceptors (Lipinski definition) is 1. The maximum Gasteiger partial charge on any atom is 0.0261 e. The van der Waals surface area contributed by atoms with Gasteiger partial charge in [0.15, 0.2) is 0 Å². The molecule has 0 bridgehead atoms. The second-order valence-corrected chi connectivity index (χ2v) is 4.64. The lowest BCUT2D eigenvalue weighted by Crippen LogP contribution is -2.27. The Hall–Kier alpha value is 0.250. The molecule has 14 heavy (non-hydrogen) atoms. The fourth-order valence-electron chi connectivity index (χ4n) is 1.53. The van der Waals surface area contributed by atoms with Crippen molar-refractivity contribution in [1.29, 1.82) is 0 Å². The predicted octanol–water partition coefficient (Wildman–Crippen LogP) is 3.67. The Labute approximate surface area is 94.6 Å². The molecule has 2 heteroatoms. The van der Waals surface area contributed by atoms with Gasteiger partial charge in [0.25, 0.3) is 0 Å². The lowest BCUT2D eigenvalue weighted by atomic mass is 9.99. The number of nitrogens with one attached hydrogen (secondary N) is 1. The molecule has 2 unspecified atom stereocenters. The van der Waals surface area contributed by atoms with Crippen LogP contribution in [0, 0.1) is 11.8 Å². The van der Waals surface area contributed by atoms with Gasteiger partial charge in [-0.3, -0.25) is 0 Å². The Kier molecular flexibility index (Phi) is 9.97. The number of hydrogen-bond donors (Lipinski definition) is 1. The van der Waals surface area contributed by atoms with Gasteiger partial charge in [0.1, 0.15) is 0 Å². The van der Waals surface area contributed by atoms with Crippen molar-refractivity contribution in [1.82, 2.24) is 5.32 Å². The van der Waals surface area contributed by atoms with Crippen LogP contribution in [0.2, 0.25) is 0 Å². The topological polar surface area (TPSA) is 12.0 Å². The van der Waals surface area contributed by atoms with E-state index in [4.69, 9.17) is 11.6 Å². The first kappa shape index (κ1) is 14.2. The van der Waals surface area contributed by atoms with Crippen molar-refractivity contribution < 1.29 is 0 Å². The zero-order valence-electron chi connectivity index (χ0n) is 9.98. The quantitative estimate of drug-likeness (QED) is 0.584. The lowest BCUT2D eigenvalue weighted by Gasteiger charge is -2.16. The average Bonchev–Trinajstić information content (AvgIpc) is 2.22. The second kappa shape index (κ2) is 9.79. The van der Waals surface area contributed by atoms with Crippen LogP contribution < -0.4 is 5.32 Å². The van der Waals surface area contributed by atoms with Gasteiger partial charge in [0.2, 0.25) is 0 Å². The maximum atomic E-state index is 5.74. The van der Waals surface area contributed by atoms with Gasteiger partial charge in [-0.2, -0.15) is 0 Å². The first-order valence-corrected chi connectivity index (χ1v) is 6.54. The molecule has 2 atom stereocenters. The van der Waals surface area contributed by atoms with Gasteiger partial charge in [-0.25, -0.2) is 0 Å². The third-order valence-electron chi connectivity index (χ3n) is 2.73. The number of halogens is 1. The molecule has 0 aromatic rings. The molecule has 86 valence electrons. The normalized spacial score (nSPS) is 15.4. The van der Waals surface area contributed by atoms with E-state index in [1.165, 1.54) is 25.7 Å². The molecule has 0 saturated heterocycles. The Balaban J connectivity index is 3.42. The first-order chi connectivity index (χ1) is 6.74. The van der Waals surface area contributed by atoms with E-state index in [-0.39, 0.29) is 0 Å². The van der Waals surface area contributed by atoms with Crippen LogP contribution in [0.1, 0.15) is 46.5 Å². The van der Waals surface area contributed by atoms with Crippen LogP contribution >= 0.6 is 11.6 Å². The lowest BCUT2D eigenvalue weighted by molar-refractivity contribution is 0.406. The predicted molar refractivity (Wildman–Crippen MR) is 66.1 cm³/mol. The molecular formula is C12H26ClN. The van der Waals surface area contributed by atoms with E-state index in [9.17, 15) is 0 Å². The highest BCUT2D eigenvalue weighted by molar-refractivity contribution is 6.18. The molecule has 0 aliphatic heterocycles. The molecule has 1 N–H and O–H groups in total. The Bertz CT molecular complexity index is 117. The zero-order chi connectivity index (χ0) is 10.8. The SMILES string of the molecule is CCCCC(CC)CNCC(C)CCl. The van der Waals surface area contributed by atoms with Crippen LogP contribution in [-0.2, 0) is 0 Å². The highest BCUT2D eigenvalue weighted by atomic mass is 35.5. The smallest absolute Gasteiger partial charge is 0.0261 e. The molecule has 1 nitrogen and oxygen atoms in total. The molecule has 0 heterocycles. The minimum Gasteiger partial charge on any atom is -0.316 e. The van der Waals surface area contributed by atoms with E-state index >= 15 is 0 Å². The van der Waals surface area contributed by atoms with Crippen molar-refractivity contribution in [2.45, 2.75) is 46.5 Å². The zero-order valence-corrected chi connectivity index (χ0v) is 10.7. The van der Waals surface area contributed by atoms with Gasteiger partial charge in [-0.1, -0.05) is 40.0 Å². The summed E-state index contributed by atoms with van der Waals surface area (Å²) in [6.45, 7) is 8.96. The monoisotopic (exact) mass is 219 g/mol. The van der Waals surface area contributed by atoms with Crippen molar-refractivity contribution in [3.63, 3.8) is 0 Å². The summed E-state index contributed by atoms with van der Waals surface area (Å²) < 4.78 is 0. The molecular weight excluding hydrogens is 194 g/mol. The standard InChI is InChI=1S/C12H26ClN/c1-4-6-7-12(5-2)10-14-9-11(3)8-13/h11-12,14H,4-10H2,1-3H3. The summed E-state index contributed by atoms with van der Waals surface area (Å²) in [6.07, 6.45) is 5.34. The van der Waals surface area contributed by atoms with E-state index < -0.39 is 0 Å². The maximum absolute atomic E-state index is 5.74. The molecule has 0 amide bonds. The summed E-state index contributed by atoms with van der Waals surface area (Å²) in [5.74, 6) is 2.22. The van der Waals surface area contributed by atoms with E-state index in [2.05, 4.69) is 26.1 Å². The van der Waals surface area contributed by atoms with Gasteiger partial charge in [-0.05, 0) is 31.3 Å². The highest BCUT2D eigenvalue weighted by Crippen LogP contribution is 2.11. The molecule has 0 spiro atoms. The van der Waals surface area contributed by atoms with Crippen LogP contribution in [0.4, 0.5) is 0 Å².